The first-order valence-corrected chi connectivity index (χ1v) is 10.2. The van der Waals surface area contributed by atoms with E-state index >= 15 is 0 Å². The molecule has 1 aromatic rings. The molecule has 2 aliphatic rings. The zero-order valence-electron chi connectivity index (χ0n) is 14.3. The summed E-state index contributed by atoms with van der Waals surface area (Å²) in [4.78, 5) is 18.7. The van der Waals surface area contributed by atoms with Gasteiger partial charge in [-0.1, -0.05) is 17.7 Å². The number of halogens is 1. The predicted molar refractivity (Wildman–Crippen MR) is 103 cm³/mol. The number of thioether (sulfide) groups is 1. The van der Waals surface area contributed by atoms with Crippen LogP contribution in [0.3, 0.4) is 0 Å². The maximum absolute atomic E-state index is 11.8. The van der Waals surface area contributed by atoms with Crippen LogP contribution in [0.2, 0.25) is 5.02 Å². The molecule has 0 aromatic heterocycles. The van der Waals surface area contributed by atoms with E-state index in [0.717, 1.165) is 50.7 Å². The monoisotopic (exact) mass is 367 g/mol. The molecule has 1 atom stereocenters. The van der Waals surface area contributed by atoms with Gasteiger partial charge in [-0.05, 0) is 44.5 Å². The van der Waals surface area contributed by atoms with E-state index in [-0.39, 0.29) is 0 Å². The molecule has 0 N–H and O–H groups in total. The van der Waals surface area contributed by atoms with Crippen molar-refractivity contribution in [2.75, 3.05) is 49.9 Å². The van der Waals surface area contributed by atoms with E-state index in [1.807, 2.05) is 23.1 Å². The van der Waals surface area contributed by atoms with Crippen molar-refractivity contribution in [3.05, 3.63) is 29.3 Å². The first-order valence-electron chi connectivity index (χ1n) is 8.77. The minimum Gasteiger partial charge on any atom is -0.369 e. The average molecular weight is 368 g/mol. The van der Waals surface area contributed by atoms with Crippen LogP contribution in [0.1, 0.15) is 19.8 Å². The molecular weight excluding hydrogens is 342 g/mol. The summed E-state index contributed by atoms with van der Waals surface area (Å²) in [6, 6.07) is 8.12. The van der Waals surface area contributed by atoms with E-state index in [0.29, 0.717) is 17.0 Å². The van der Waals surface area contributed by atoms with E-state index in [1.54, 1.807) is 11.8 Å². The lowest BCUT2D eigenvalue weighted by Gasteiger charge is -2.36. The number of benzene rings is 1. The predicted octanol–water partition coefficient (Wildman–Crippen LogP) is 3.16. The number of hydrogen-bond acceptors (Lipinski definition) is 4. The molecule has 1 unspecified atom stereocenters. The van der Waals surface area contributed by atoms with Crippen LogP contribution in [0.25, 0.3) is 0 Å². The molecular formula is C18H26ClN3OS. The average Bonchev–Trinajstić information content (AvgIpc) is 2.91. The Kier molecular flexibility index (Phi) is 6.31. The van der Waals surface area contributed by atoms with Crippen molar-refractivity contribution < 1.29 is 4.79 Å². The quantitative estimate of drug-likeness (QED) is 0.721. The van der Waals surface area contributed by atoms with Gasteiger partial charge < -0.3 is 9.80 Å². The van der Waals surface area contributed by atoms with Gasteiger partial charge in [-0.15, -0.1) is 11.8 Å². The summed E-state index contributed by atoms with van der Waals surface area (Å²) in [6.45, 7) is 8.48. The molecule has 2 aliphatic heterocycles. The van der Waals surface area contributed by atoms with Crippen molar-refractivity contribution in [3.8, 4) is 0 Å². The molecule has 2 heterocycles. The summed E-state index contributed by atoms with van der Waals surface area (Å²) in [7, 11) is 0. The molecule has 0 saturated carbocycles. The second-order valence-corrected chi connectivity index (χ2v) is 8.25. The molecule has 2 fully saturated rings. The van der Waals surface area contributed by atoms with Gasteiger partial charge in [0.1, 0.15) is 0 Å². The fourth-order valence-corrected chi connectivity index (χ4v) is 4.53. The summed E-state index contributed by atoms with van der Waals surface area (Å²) in [5, 5.41) is 1.16. The third kappa shape index (κ3) is 4.58. The summed E-state index contributed by atoms with van der Waals surface area (Å²) < 4.78 is 0. The number of nitrogens with zero attached hydrogens (tertiary/aromatic N) is 3. The number of anilines is 1. The van der Waals surface area contributed by atoms with Gasteiger partial charge in [0.25, 0.3) is 0 Å². The zero-order chi connectivity index (χ0) is 16.9. The Morgan fingerprint density at radius 2 is 1.92 bits per heavy atom. The van der Waals surface area contributed by atoms with E-state index in [4.69, 9.17) is 11.6 Å². The molecule has 0 bridgehead atoms. The number of hydrogen-bond donors (Lipinski definition) is 0. The molecule has 0 radical (unpaired) electrons. The summed E-state index contributed by atoms with van der Waals surface area (Å²) >= 11 is 7.83. The van der Waals surface area contributed by atoms with Crippen molar-refractivity contribution in [1.82, 2.24) is 9.80 Å². The van der Waals surface area contributed by atoms with Crippen LogP contribution in [0.4, 0.5) is 5.69 Å². The van der Waals surface area contributed by atoms with Crippen LogP contribution in [0.5, 0.6) is 0 Å². The first-order chi connectivity index (χ1) is 11.6. The minimum absolute atomic E-state index is 0.308. The third-order valence-corrected chi connectivity index (χ3v) is 6.26. The van der Waals surface area contributed by atoms with E-state index in [1.165, 1.54) is 12.1 Å². The van der Waals surface area contributed by atoms with Gasteiger partial charge in [0.2, 0.25) is 5.91 Å². The number of amides is 1. The van der Waals surface area contributed by atoms with E-state index in [2.05, 4.69) is 22.8 Å². The lowest BCUT2D eigenvalue weighted by atomic mass is 10.2. The summed E-state index contributed by atoms with van der Waals surface area (Å²) in [6.07, 6.45) is 2.27. The van der Waals surface area contributed by atoms with Crippen LogP contribution in [-0.2, 0) is 4.79 Å². The molecule has 1 amide bonds. The maximum atomic E-state index is 11.8. The Hall–Kier alpha value is -0.910. The molecule has 0 aliphatic carbocycles. The van der Waals surface area contributed by atoms with Crippen molar-refractivity contribution in [1.29, 1.82) is 0 Å². The van der Waals surface area contributed by atoms with Crippen molar-refractivity contribution in [2.45, 2.75) is 25.1 Å². The fraction of sp³-hybridized carbons (Fsp3) is 0.611. The van der Waals surface area contributed by atoms with Crippen molar-refractivity contribution in [3.63, 3.8) is 0 Å². The zero-order valence-corrected chi connectivity index (χ0v) is 15.9. The summed E-state index contributed by atoms with van der Waals surface area (Å²) in [5.74, 6) is 0.967. The van der Waals surface area contributed by atoms with Crippen molar-refractivity contribution >= 4 is 35.0 Å². The van der Waals surface area contributed by atoms with E-state index in [9.17, 15) is 4.79 Å². The lowest BCUT2D eigenvalue weighted by molar-refractivity contribution is -0.127. The summed E-state index contributed by atoms with van der Waals surface area (Å²) in [5.41, 5.74) is 1.22. The molecule has 2 saturated heterocycles. The largest absolute Gasteiger partial charge is 0.369 e. The Morgan fingerprint density at radius 3 is 2.58 bits per heavy atom. The Morgan fingerprint density at radius 1 is 1.17 bits per heavy atom. The molecule has 1 aromatic carbocycles. The Balaban J connectivity index is 1.35. The number of piperazine rings is 1. The Bertz CT molecular complexity index is 563. The van der Waals surface area contributed by atoms with Gasteiger partial charge in [0.15, 0.2) is 0 Å². The van der Waals surface area contributed by atoms with Crippen LogP contribution in [-0.4, -0.2) is 66.1 Å². The van der Waals surface area contributed by atoms with Gasteiger partial charge >= 0.3 is 0 Å². The second kappa shape index (κ2) is 8.45. The second-order valence-electron chi connectivity index (χ2n) is 6.51. The molecule has 4 nitrogen and oxygen atoms in total. The Labute approximate surface area is 154 Å². The SMILES string of the molecule is CC1SCC(=O)N1CCCCN1CCN(c2cccc(Cl)c2)CC1. The third-order valence-electron chi connectivity index (χ3n) is 4.88. The highest BCUT2D eigenvalue weighted by molar-refractivity contribution is 8.00. The van der Waals surface area contributed by atoms with Crippen LogP contribution in [0.15, 0.2) is 24.3 Å². The lowest BCUT2D eigenvalue weighted by Crippen LogP contribution is -2.46. The van der Waals surface area contributed by atoms with Crippen LogP contribution >= 0.6 is 23.4 Å². The maximum Gasteiger partial charge on any atom is 0.233 e. The van der Waals surface area contributed by atoms with Gasteiger partial charge in [0.05, 0.1) is 11.1 Å². The molecule has 3 rings (SSSR count). The first kappa shape index (κ1) is 17.9. The normalized spacial score (nSPS) is 22.4. The van der Waals surface area contributed by atoms with Gasteiger partial charge in [-0.25, -0.2) is 0 Å². The topological polar surface area (TPSA) is 26.8 Å². The van der Waals surface area contributed by atoms with Crippen LogP contribution < -0.4 is 4.90 Å². The number of carbonyl (C=O) groups excluding carboxylic acids is 1. The number of unbranched alkanes of at least 4 members (excludes halogenated alkanes) is 1. The van der Waals surface area contributed by atoms with Gasteiger partial charge in [-0.2, -0.15) is 0 Å². The number of rotatable bonds is 6. The highest BCUT2D eigenvalue weighted by Crippen LogP contribution is 2.24. The van der Waals surface area contributed by atoms with Crippen LogP contribution in [0, 0.1) is 0 Å². The molecule has 132 valence electrons. The smallest absolute Gasteiger partial charge is 0.233 e. The number of carbonyl (C=O) groups is 1. The standard InChI is InChI=1S/C18H26ClN3OS/c1-15-22(18(23)14-24-15)8-3-2-7-20-9-11-21(12-10-20)17-6-4-5-16(19)13-17/h4-6,13,15H,2-3,7-12,14H2,1H3. The fourth-order valence-electron chi connectivity index (χ4n) is 3.39. The highest BCUT2D eigenvalue weighted by Gasteiger charge is 2.27. The minimum atomic E-state index is 0.308. The molecule has 6 heteroatoms. The van der Waals surface area contributed by atoms with E-state index < -0.39 is 0 Å². The van der Waals surface area contributed by atoms with Gasteiger partial charge in [0, 0.05) is 43.4 Å². The molecule has 0 spiro atoms. The van der Waals surface area contributed by atoms with Crippen molar-refractivity contribution in [2.24, 2.45) is 0 Å². The molecule has 24 heavy (non-hydrogen) atoms. The highest BCUT2D eigenvalue weighted by atomic mass is 35.5. The van der Waals surface area contributed by atoms with Gasteiger partial charge in [-0.3, -0.25) is 9.69 Å².